The smallest absolute Gasteiger partial charge is 0.266 e. The summed E-state index contributed by atoms with van der Waals surface area (Å²) < 4.78 is 0. The highest BCUT2D eigenvalue weighted by Gasteiger charge is 2.17. The van der Waals surface area contributed by atoms with Gasteiger partial charge in [0.05, 0.1) is 0 Å². The molecule has 0 saturated heterocycles. The maximum absolute atomic E-state index is 11.3. The van der Waals surface area contributed by atoms with Crippen molar-refractivity contribution in [3.63, 3.8) is 0 Å². The Hall–Kier alpha value is -1.31. The van der Waals surface area contributed by atoms with Crippen molar-refractivity contribution in [1.82, 2.24) is 4.98 Å². The van der Waals surface area contributed by atoms with Crippen molar-refractivity contribution < 1.29 is 0 Å². The number of aromatic nitrogens is 1. The summed E-state index contributed by atoms with van der Waals surface area (Å²) in [4.78, 5) is 14.0. The van der Waals surface area contributed by atoms with Gasteiger partial charge in [0, 0.05) is 11.7 Å². The average Bonchev–Trinajstić information content (AvgIpc) is 2.17. The van der Waals surface area contributed by atoms with Crippen molar-refractivity contribution in [2.24, 2.45) is 5.73 Å². The lowest BCUT2D eigenvalue weighted by molar-refractivity contribution is 0.565. The molecular formula is C10H12ClN3O. The SMILES string of the molecule is Cl.N#Cc1cc2c([nH]c1=O)CCC(N)C2. The molecule has 15 heavy (non-hydrogen) atoms. The van der Waals surface area contributed by atoms with Gasteiger partial charge in [-0.05, 0) is 30.9 Å². The van der Waals surface area contributed by atoms with Crippen molar-refractivity contribution in [2.75, 3.05) is 0 Å². The molecular weight excluding hydrogens is 214 g/mol. The highest BCUT2D eigenvalue weighted by atomic mass is 35.5. The number of nitriles is 1. The molecule has 1 aromatic heterocycles. The number of hydrogen-bond donors (Lipinski definition) is 2. The first-order valence-corrected chi connectivity index (χ1v) is 4.61. The van der Waals surface area contributed by atoms with Crippen LogP contribution in [-0.2, 0) is 12.8 Å². The van der Waals surface area contributed by atoms with Gasteiger partial charge in [0.1, 0.15) is 11.6 Å². The Labute approximate surface area is 93.5 Å². The highest BCUT2D eigenvalue weighted by Crippen LogP contribution is 2.17. The molecule has 0 aliphatic heterocycles. The van der Waals surface area contributed by atoms with Gasteiger partial charge >= 0.3 is 0 Å². The van der Waals surface area contributed by atoms with E-state index in [1.54, 1.807) is 6.07 Å². The van der Waals surface area contributed by atoms with Gasteiger partial charge in [-0.1, -0.05) is 0 Å². The number of hydrogen-bond acceptors (Lipinski definition) is 3. The second-order valence-corrected chi connectivity index (χ2v) is 3.63. The van der Waals surface area contributed by atoms with Gasteiger partial charge in [-0.3, -0.25) is 4.79 Å². The zero-order valence-corrected chi connectivity index (χ0v) is 8.93. The number of halogens is 1. The fraction of sp³-hybridized carbons (Fsp3) is 0.400. The molecule has 80 valence electrons. The van der Waals surface area contributed by atoms with Crippen LogP contribution in [0, 0.1) is 11.3 Å². The molecule has 4 nitrogen and oxygen atoms in total. The average molecular weight is 226 g/mol. The summed E-state index contributed by atoms with van der Waals surface area (Å²) >= 11 is 0. The lowest BCUT2D eigenvalue weighted by atomic mass is 9.92. The standard InChI is InChI=1S/C10H11N3O.ClH/c11-5-7-3-6-4-8(12)1-2-9(6)13-10(7)14;/h3,8H,1-2,4,12H2,(H,13,14);1H. The van der Waals surface area contributed by atoms with Crippen molar-refractivity contribution in [2.45, 2.75) is 25.3 Å². The Balaban J connectivity index is 0.00000112. The maximum atomic E-state index is 11.3. The van der Waals surface area contributed by atoms with E-state index in [0.29, 0.717) is 0 Å². The summed E-state index contributed by atoms with van der Waals surface area (Å²) in [7, 11) is 0. The molecule has 1 aromatic rings. The molecule has 0 fully saturated rings. The minimum atomic E-state index is -0.290. The van der Waals surface area contributed by atoms with Crippen molar-refractivity contribution in [1.29, 1.82) is 5.26 Å². The van der Waals surface area contributed by atoms with Gasteiger partial charge < -0.3 is 10.7 Å². The molecule has 1 atom stereocenters. The van der Waals surface area contributed by atoms with E-state index in [9.17, 15) is 4.79 Å². The number of rotatable bonds is 0. The first-order valence-electron chi connectivity index (χ1n) is 4.61. The molecule has 3 N–H and O–H groups in total. The molecule has 1 aliphatic carbocycles. The van der Waals surface area contributed by atoms with Crippen LogP contribution in [0.15, 0.2) is 10.9 Å². The van der Waals surface area contributed by atoms with Crippen LogP contribution in [0.4, 0.5) is 0 Å². The molecule has 0 radical (unpaired) electrons. The van der Waals surface area contributed by atoms with Crippen LogP contribution < -0.4 is 11.3 Å². The molecule has 1 aliphatic rings. The van der Waals surface area contributed by atoms with E-state index in [2.05, 4.69) is 4.98 Å². The lowest BCUT2D eigenvalue weighted by Crippen LogP contribution is -2.30. The van der Waals surface area contributed by atoms with E-state index in [0.717, 1.165) is 30.5 Å². The molecule has 0 saturated carbocycles. The maximum Gasteiger partial charge on any atom is 0.266 e. The summed E-state index contributed by atoms with van der Waals surface area (Å²) in [5, 5.41) is 8.68. The molecule has 0 spiro atoms. The third kappa shape index (κ3) is 2.20. The summed E-state index contributed by atoms with van der Waals surface area (Å²) in [5.74, 6) is 0. The predicted molar refractivity (Wildman–Crippen MR) is 59.0 cm³/mol. The van der Waals surface area contributed by atoms with E-state index in [4.69, 9.17) is 11.0 Å². The molecule has 0 aromatic carbocycles. The summed E-state index contributed by atoms with van der Waals surface area (Å²) in [6, 6.07) is 3.69. The second kappa shape index (κ2) is 4.47. The second-order valence-electron chi connectivity index (χ2n) is 3.63. The van der Waals surface area contributed by atoms with E-state index in [1.165, 1.54) is 0 Å². The van der Waals surface area contributed by atoms with E-state index < -0.39 is 0 Å². The van der Waals surface area contributed by atoms with Gasteiger partial charge in [-0.2, -0.15) is 5.26 Å². The van der Waals surface area contributed by atoms with Crippen LogP contribution in [0.5, 0.6) is 0 Å². The van der Waals surface area contributed by atoms with Crippen LogP contribution in [0.2, 0.25) is 0 Å². The summed E-state index contributed by atoms with van der Waals surface area (Å²) in [6.45, 7) is 0. The molecule has 0 amide bonds. The number of fused-ring (bicyclic) bond motifs is 1. The largest absolute Gasteiger partial charge is 0.327 e. The highest BCUT2D eigenvalue weighted by molar-refractivity contribution is 5.85. The quantitative estimate of drug-likeness (QED) is 0.674. The Morgan fingerprint density at radius 1 is 1.60 bits per heavy atom. The van der Waals surface area contributed by atoms with Crippen LogP contribution in [0.1, 0.15) is 23.2 Å². The molecule has 2 rings (SSSR count). The summed E-state index contributed by atoms with van der Waals surface area (Å²) in [5.41, 5.74) is 7.65. The van der Waals surface area contributed by atoms with Crippen molar-refractivity contribution in [3.8, 4) is 6.07 Å². The van der Waals surface area contributed by atoms with Gasteiger partial charge in [0.2, 0.25) is 0 Å². The van der Waals surface area contributed by atoms with Gasteiger partial charge in [-0.25, -0.2) is 0 Å². The van der Waals surface area contributed by atoms with Gasteiger partial charge in [0.25, 0.3) is 5.56 Å². The Kier molecular flexibility index (Phi) is 3.51. The number of H-pyrrole nitrogens is 1. The number of nitrogens with two attached hydrogens (primary N) is 1. The number of aromatic amines is 1. The number of aryl methyl sites for hydroxylation is 1. The normalized spacial score (nSPS) is 18.5. The third-order valence-corrected chi connectivity index (χ3v) is 2.58. The number of nitrogens with zero attached hydrogens (tertiary/aromatic N) is 1. The Morgan fingerprint density at radius 2 is 2.33 bits per heavy atom. The molecule has 1 heterocycles. The molecule has 5 heteroatoms. The van der Waals surface area contributed by atoms with Crippen molar-refractivity contribution in [3.05, 3.63) is 33.2 Å². The van der Waals surface area contributed by atoms with Crippen LogP contribution in [-0.4, -0.2) is 11.0 Å². The fourth-order valence-corrected chi connectivity index (χ4v) is 1.81. The molecule has 0 bridgehead atoms. The number of pyridine rings is 1. The van der Waals surface area contributed by atoms with E-state index in [1.807, 2.05) is 6.07 Å². The van der Waals surface area contributed by atoms with Crippen LogP contribution in [0.25, 0.3) is 0 Å². The summed E-state index contributed by atoms with van der Waals surface area (Å²) in [6.07, 6.45) is 2.45. The van der Waals surface area contributed by atoms with E-state index >= 15 is 0 Å². The van der Waals surface area contributed by atoms with Crippen LogP contribution in [0.3, 0.4) is 0 Å². The van der Waals surface area contributed by atoms with Gasteiger partial charge in [0.15, 0.2) is 0 Å². The van der Waals surface area contributed by atoms with Gasteiger partial charge in [-0.15, -0.1) is 12.4 Å². The minimum absolute atomic E-state index is 0. The van der Waals surface area contributed by atoms with Crippen molar-refractivity contribution >= 4 is 12.4 Å². The first kappa shape index (κ1) is 11.8. The molecule has 1 unspecified atom stereocenters. The minimum Gasteiger partial charge on any atom is -0.327 e. The number of nitrogens with one attached hydrogen (secondary N) is 1. The predicted octanol–water partition coefficient (Wildman–Crippen LogP) is 0.484. The Bertz CT molecular complexity index is 461. The third-order valence-electron chi connectivity index (χ3n) is 2.58. The Morgan fingerprint density at radius 3 is 3.00 bits per heavy atom. The topological polar surface area (TPSA) is 82.7 Å². The fourth-order valence-electron chi connectivity index (χ4n) is 1.81. The van der Waals surface area contributed by atoms with E-state index in [-0.39, 0.29) is 29.6 Å². The zero-order valence-electron chi connectivity index (χ0n) is 8.12. The van der Waals surface area contributed by atoms with Crippen LogP contribution >= 0.6 is 12.4 Å². The lowest BCUT2D eigenvalue weighted by Gasteiger charge is -2.20. The monoisotopic (exact) mass is 225 g/mol. The first-order chi connectivity index (χ1) is 6.70. The zero-order chi connectivity index (χ0) is 10.1.